The molecule has 0 radical (unpaired) electrons. The van der Waals surface area contributed by atoms with Crippen molar-refractivity contribution in [3.05, 3.63) is 92.5 Å². The van der Waals surface area contributed by atoms with Crippen LogP contribution in [0.25, 0.3) is 10.9 Å². The summed E-state index contributed by atoms with van der Waals surface area (Å²) in [7, 11) is 0. The predicted molar refractivity (Wildman–Crippen MR) is 143 cm³/mol. The zero-order chi connectivity index (χ0) is 25.3. The molecule has 1 heterocycles. The molecular formula is C26H22BrClN4O3. The average molecular weight is 554 g/mol. The van der Waals surface area contributed by atoms with Crippen molar-refractivity contribution >= 4 is 67.5 Å². The Kier molecular flexibility index (Phi) is 6.95. The van der Waals surface area contributed by atoms with Gasteiger partial charge in [-0.05, 0) is 80.4 Å². The predicted octanol–water partition coefficient (Wildman–Crippen LogP) is 5.94. The van der Waals surface area contributed by atoms with Crippen molar-refractivity contribution in [1.82, 2.24) is 4.68 Å². The van der Waals surface area contributed by atoms with Crippen LogP contribution in [-0.2, 0) is 9.59 Å². The monoisotopic (exact) mass is 552 g/mol. The van der Waals surface area contributed by atoms with Crippen LogP contribution in [-0.4, -0.2) is 22.4 Å². The topological polar surface area (TPSA) is 92.2 Å². The van der Waals surface area contributed by atoms with E-state index in [1.54, 1.807) is 36.4 Å². The van der Waals surface area contributed by atoms with E-state index in [2.05, 4.69) is 32.0 Å². The summed E-state index contributed by atoms with van der Waals surface area (Å²) in [6, 6.07) is 17.5. The Morgan fingerprint density at radius 3 is 2.31 bits per heavy atom. The summed E-state index contributed by atoms with van der Waals surface area (Å²) < 4.78 is 2.21. The van der Waals surface area contributed by atoms with Crippen LogP contribution in [0.15, 0.2) is 65.1 Å². The molecule has 35 heavy (non-hydrogen) atoms. The molecule has 0 aliphatic heterocycles. The van der Waals surface area contributed by atoms with E-state index in [1.165, 1.54) is 4.68 Å². The molecule has 0 spiro atoms. The fraction of sp³-hybridized carbons (Fsp3) is 0.115. The molecule has 3 aromatic carbocycles. The molecule has 0 fully saturated rings. The maximum Gasteiger partial charge on any atom is 0.328 e. The van der Waals surface area contributed by atoms with Crippen LogP contribution in [0.4, 0.5) is 11.4 Å². The van der Waals surface area contributed by atoms with Crippen molar-refractivity contribution in [3.8, 4) is 0 Å². The number of hydrogen-bond acceptors (Lipinski definition) is 3. The van der Waals surface area contributed by atoms with Gasteiger partial charge in [0, 0.05) is 26.3 Å². The Balaban J connectivity index is 1.63. The molecule has 3 N–H and O–H groups in total. The maximum atomic E-state index is 13.2. The van der Waals surface area contributed by atoms with E-state index in [0.29, 0.717) is 27.3 Å². The third-order valence-electron chi connectivity index (χ3n) is 5.46. The SMILES string of the molecule is Cc1ccc(NC(=O)C(=O)Nn2c(C(=O)Nc3ccc(Br)c(C)c3)cc3cc(Cl)ccc32)c(C)c1. The highest BCUT2D eigenvalue weighted by molar-refractivity contribution is 9.10. The molecule has 0 saturated heterocycles. The van der Waals surface area contributed by atoms with Crippen molar-refractivity contribution in [3.63, 3.8) is 0 Å². The summed E-state index contributed by atoms with van der Waals surface area (Å²) in [4.78, 5) is 38.6. The second-order valence-corrected chi connectivity index (χ2v) is 9.49. The molecular weight excluding hydrogens is 532 g/mol. The molecule has 4 rings (SSSR count). The first-order chi connectivity index (χ1) is 16.6. The van der Waals surface area contributed by atoms with Crippen LogP contribution in [0.5, 0.6) is 0 Å². The van der Waals surface area contributed by atoms with Crippen LogP contribution < -0.4 is 16.1 Å². The number of rotatable bonds is 4. The van der Waals surface area contributed by atoms with Gasteiger partial charge in [0.2, 0.25) is 0 Å². The van der Waals surface area contributed by atoms with Gasteiger partial charge in [-0.1, -0.05) is 45.2 Å². The van der Waals surface area contributed by atoms with E-state index < -0.39 is 17.7 Å². The van der Waals surface area contributed by atoms with E-state index in [0.717, 1.165) is 21.2 Å². The number of fused-ring (bicyclic) bond motifs is 1. The van der Waals surface area contributed by atoms with Crippen LogP contribution in [0.3, 0.4) is 0 Å². The number of carbonyl (C=O) groups excluding carboxylic acids is 3. The highest BCUT2D eigenvalue weighted by atomic mass is 79.9. The molecule has 0 aliphatic rings. The van der Waals surface area contributed by atoms with Gasteiger partial charge in [0.1, 0.15) is 5.69 Å². The zero-order valence-corrected chi connectivity index (χ0v) is 21.5. The van der Waals surface area contributed by atoms with Gasteiger partial charge in [-0.15, -0.1) is 0 Å². The minimum absolute atomic E-state index is 0.135. The highest BCUT2D eigenvalue weighted by Gasteiger charge is 2.21. The summed E-state index contributed by atoms with van der Waals surface area (Å²) in [5, 5.41) is 6.55. The number of nitrogens with one attached hydrogen (secondary N) is 3. The van der Waals surface area contributed by atoms with E-state index in [9.17, 15) is 14.4 Å². The first-order valence-corrected chi connectivity index (χ1v) is 11.9. The Morgan fingerprint density at radius 1 is 0.829 bits per heavy atom. The van der Waals surface area contributed by atoms with Crippen molar-refractivity contribution in [2.45, 2.75) is 20.8 Å². The third-order valence-corrected chi connectivity index (χ3v) is 6.59. The second kappa shape index (κ2) is 9.93. The summed E-state index contributed by atoms with van der Waals surface area (Å²) in [6.45, 7) is 5.69. The lowest BCUT2D eigenvalue weighted by atomic mass is 10.1. The van der Waals surface area contributed by atoms with Crippen LogP contribution in [0, 0.1) is 20.8 Å². The standard InChI is InChI=1S/C26H22BrClN4O3/c1-14-4-8-21(16(3)10-14)30-25(34)26(35)31-32-22-9-5-18(28)12-17(22)13-23(32)24(33)29-19-6-7-20(27)15(2)11-19/h4-13H,1-3H3,(H,29,33)(H,30,34)(H,31,35). The van der Waals surface area contributed by atoms with Gasteiger partial charge in [-0.25, -0.2) is 4.68 Å². The van der Waals surface area contributed by atoms with Crippen LogP contribution in [0.1, 0.15) is 27.2 Å². The van der Waals surface area contributed by atoms with Crippen molar-refractivity contribution in [1.29, 1.82) is 0 Å². The van der Waals surface area contributed by atoms with Crippen molar-refractivity contribution < 1.29 is 14.4 Å². The lowest BCUT2D eigenvalue weighted by Crippen LogP contribution is -2.36. The molecule has 0 saturated carbocycles. The molecule has 0 aliphatic carbocycles. The van der Waals surface area contributed by atoms with Gasteiger partial charge in [-0.2, -0.15) is 0 Å². The Bertz CT molecular complexity index is 1500. The summed E-state index contributed by atoms with van der Waals surface area (Å²) in [5.74, 6) is -2.25. The Labute approximate surface area is 215 Å². The number of amides is 3. The Morgan fingerprint density at radius 2 is 1.60 bits per heavy atom. The van der Waals surface area contributed by atoms with Gasteiger partial charge >= 0.3 is 11.8 Å². The van der Waals surface area contributed by atoms with Gasteiger partial charge in [0.05, 0.1) is 5.52 Å². The number of nitrogens with zero attached hydrogens (tertiary/aromatic N) is 1. The zero-order valence-electron chi connectivity index (χ0n) is 19.2. The quantitative estimate of drug-likeness (QED) is 0.273. The van der Waals surface area contributed by atoms with Gasteiger partial charge < -0.3 is 10.6 Å². The first kappa shape index (κ1) is 24.5. The van der Waals surface area contributed by atoms with Gasteiger partial charge in [0.25, 0.3) is 5.91 Å². The maximum absolute atomic E-state index is 13.2. The number of carbonyl (C=O) groups is 3. The number of anilines is 2. The Hall–Kier alpha value is -3.62. The molecule has 0 unspecified atom stereocenters. The molecule has 0 bridgehead atoms. The number of aryl methyl sites for hydroxylation is 3. The van der Waals surface area contributed by atoms with Crippen molar-refractivity contribution in [2.75, 3.05) is 16.1 Å². The molecule has 0 atom stereocenters. The lowest BCUT2D eigenvalue weighted by Gasteiger charge is -2.14. The highest BCUT2D eigenvalue weighted by Crippen LogP contribution is 2.25. The minimum Gasteiger partial charge on any atom is -0.321 e. The number of benzene rings is 3. The average Bonchev–Trinajstić information content (AvgIpc) is 3.15. The molecule has 178 valence electrons. The number of halogens is 2. The molecule has 9 heteroatoms. The first-order valence-electron chi connectivity index (χ1n) is 10.7. The van der Waals surface area contributed by atoms with Crippen LogP contribution >= 0.6 is 27.5 Å². The van der Waals surface area contributed by atoms with E-state index >= 15 is 0 Å². The third kappa shape index (κ3) is 5.39. The lowest BCUT2D eigenvalue weighted by molar-refractivity contribution is -0.133. The summed E-state index contributed by atoms with van der Waals surface area (Å²) >= 11 is 9.57. The summed E-state index contributed by atoms with van der Waals surface area (Å²) in [6.07, 6.45) is 0. The van der Waals surface area contributed by atoms with E-state index in [4.69, 9.17) is 11.6 Å². The smallest absolute Gasteiger partial charge is 0.321 e. The normalized spacial score (nSPS) is 10.8. The van der Waals surface area contributed by atoms with E-state index in [-0.39, 0.29) is 5.69 Å². The van der Waals surface area contributed by atoms with Crippen LogP contribution in [0.2, 0.25) is 5.02 Å². The van der Waals surface area contributed by atoms with Gasteiger partial charge in [0.15, 0.2) is 0 Å². The number of aromatic nitrogens is 1. The fourth-order valence-corrected chi connectivity index (χ4v) is 4.10. The summed E-state index contributed by atoms with van der Waals surface area (Å²) in [5.41, 5.74) is 7.13. The number of hydrogen-bond donors (Lipinski definition) is 3. The molecule has 1 aromatic heterocycles. The van der Waals surface area contributed by atoms with Gasteiger partial charge in [-0.3, -0.25) is 19.8 Å². The van der Waals surface area contributed by atoms with Crippen molar-refractivity contribution in [2.24, 2.45) is 0 Å². The largest absolute Gasteiger partial charge is 0.328 e. The fourth-order valence-electron chi connectivity index (χ4n) is 3.68. The second-order valence-electron chi connectivity index (χ2n) is 8.20. The minimum atomic E-state index is -0.925. The molecule has 3 amide bonds. The molecule has 7 nitrogen and oxygen atoms in total. The molecule has 4 aromatic rings. The van der Waals surface area contributed by atoms with E-state index in [1.807, 2.05) is 45.0 Å².